The Labute approximate surface area is 169 Å². The molecule has 1 aliphatic rings. The molecule has 27 heavy (non-hydrogen) atoms. The van der Waals surface area contributed by atoms with E-state index in [1.165, 1.54) is 10.4 Å². The summed E-state index contributed by atoms with van der Waals surface area (Å²) >= 11 is 12.0. The lowest BCUT2D eigenvalue weighted by atomic mass is 9.99. The Morgan fingerprint density at radius 1 is 1.19 bits per heavy atom. The Balaban J connectivity index is 1.74. The fourth-order valence-corrected chi connectivity index (χ4v) is 5.05. The summed E-state index contributed by atoms with van der Waals surface area (Å²) in [5.41, 5.74) is 1.41. The standard InChI is InChI=1S/C19H20Cl2N2O3S/c1-13-7-8-17(11-18(13)21)27(25,26)23-9-3-4-14(12-23)19(24)22-16-6-2-5-15(20)10-16/h2,5-8,10-11,14H,3-4,9,12H2,1H3,(H,22,24)/t14-/m0/s1. The third-order valence-corrected chi connectivity index (χ3v) is 7.13. The molecule has 144 valence electrons. The second-order valence-corrected chi connectivity index (χ2v) is 9.39. The summed E-state index contributed by atoms with van der Waals surface area (Å²) in [6.07, 6.45) is 1.25. The van der Waals surface area contributed by atoms with Crippen LogP contribution in [0.5, 0.6) is 0 Å². The summed E-state index contributed by atoms with van der Waals surface area (Å²) in [6, 6.07) is 11.6. The molecule has 1 heterocycles. The molecule has 0 radical (unpaired) electrons. The largest absolute Gasteiger partial charge is 0.326 e. The van der Waals surface area contributed by atoms with Gasteiger partial charge < -0.3 is 5.32 Å². The predicted octanol–water partition coefficient (Wildman–Crippen LogP) is 4.34. The van der Waals surface area contributed by atoms with Gasteiger partial charge in [-0.05, 0) is 55.7 Å². The van der Waals surface area contributed by atoms with E-state index in [0.717, 1.165) is 5.56 Å². The van der Waals surface area contributed by atoms with Crippen LogP contribution in [0.2, 0.25) is 10.0 Å². The molecule has 0 unspecified atom stereocenters. The van der Waals surface area contributed by atoms with Crippen molar-refractivity contribution >= 4 is 44.8 Å². The van der Waals surface area contributed by atoms with E-state index in [1.54, 1.807) is 36.4 Å². The second kappa shape index (κ2) is 8.19. The number of rotatable bonds is 4. The molecule has 2 aromatic rings. The van der Waals surface area contributed by atoms with Gasteiger partial charge in [0.2, 0.25) is 15.9 Å². The van der Waals surface area contributed by atoms with Crippen molar-refractivity contribution < 1.29 is 13.2 Å². The summed E-state index contributed by atoms with van der Waals surface area (Å²) in [4.78, 5) is 12.7. The number of anilines is 1. The minimum absolute atomic E-state index is 0.139. The Kier molecular flexibility index (Phi) is 6.11. The lowest BCUT2D eigenvalue weighted by molar-refractivity contribution is -0.120. The van der Waals surface area contributed by atoms with Crippen molar-refractivity contribution in [2.24, 2.45) is 5.92 Å². The molecule has 1 N–H and O–H groups in total. The Morgan fingerprint density at radius 3 is 2.67 bits per heavy atom. The third kappa shape index (κ3) is 4.63. The predicted molar refractivity (Wildman–Crippen MR) is 108 cm³/mol. The minimum atomic E-state index is -3.70. The van der Waals surface area contributed by atoms with Gasteiger partial charge in [0.1, 0.15) is 0 Å². The highest BCUT2D eigenvalue weighted by Gasteiger charge is 2.33. The van der Waals surface area contributed by atoms with Crippen LogP contribution in [0.3, 0.4) is 0 Å². The Hall–Kier alpha value is -1.60. The van der Waals surface area contributed by atoms with E-state index in [0.29, 0.717) is 35.1 Å². The number of amides is 1. The highest BCUT2D eigenvalue weighted by atomic mass is 35.5. The van der Waals surface area contributed by atoms with Gasteiger partial charge >= 0.3 is 0 Å². The SMILES string of the molecule is Cc1ccc(S(=O)(=O)N2CCC[C@H](C(=O)Nc3cccc(Cl)c3)C2)cc1Cl. The van der Waals surface area contributed by atoms with Gasteiger partial charge in [0.15, 0.2) is 0 Å². The van der Waals surface area contributed by atoms with Gasteiger partial charge in [0.05, 0.1) is 10.8 Å². The molecule has 1 fully saturated rings. The third-order valence-electron chi connectivity index (χ3n) is 4.63. The van der Waals surface area contributed by atoms with Crippen molar-refractivity contribution in [3.05, 3.63) is 58.1 Å². The van der Waals surface area contributed by atoms with Gasteiger partial charge in [-0.1, -0.05) is 35.3 Å². The summed E-state index contributed by atoms with van der Waals surface area (Å²) < 4.78 is 27.2. The summed E-state index contributed by atoms with van der Waals surface area (Å²) in [5, 5.41) is 3.75. The van der Waals surface area contributed by atoms with Crippen molar-refractivity contribution in [3.63, 3.8) is 0 Å². The van der Waals surface area contributed by atoms with E-state index in [9.17, 15) is 13.2 Å². The number of aryl methyl sites for hydroxylation is 1. The number of hydrogen-bond donors (Lipinski definition) is 1. The van der Waals surface area contributed by atoms with E-state index < -0.39 is 15.9 Å². The zero-order valence-electron chi connectivity index (χ0n) is 14.8. The van der Waals surface area contributed by atoms with Crippen LogP contribution in [-0.2, 0) is 14.8 Å². The number of carbonyl (C=O) groups is 1. The lowest BCUT2D eigenvalue weighted by Crippen LogP contribution is -2.43. The lowest BCUT2D eigenvalue weighted by Gasteiger charge is -2.31. The quantitative estimate of drug-likeness (QED) is 0.790. The molecule has 8 heteroatoms. The molecule has 1 saturated heterocycles. The van der Waals surface area contributed by atoms with Gasteiger partial charge in [0, 0.05) is 28.8 Å². The number of sulfonamides is 1. The minimum Gasteiger partial charge on any atom is -0.326 e. The maximum atomic E-state index is 12.9. The van der Waals surface area contributed by atoms with E-state index in [1.807, 2.05) is 6.92 Å². The molecule has 0 bridgehead atoms. The molecular weight excluding hydrogens is 407 g/mol. The van der Waals surface area contributed by atoms with Gasteiger partial charge in [-0.25, -0.2) is 8.42 Å². The molecule has 1 atom stereocenters. The number of nitrogens with zero attached hydrogens (tertiary/aromatic N) is 1. The molecule has 1 aliphatic heterocycles. The number of piperidine rings is 1. The molecule has 2 aromatic carbocycles. The van der Waals surface area contributed by atoms with Crippen LogP contribution in [0.25, 0.3) is 0 Å². The van der Waals surface area contributed by atoms with E-state index in [-0.39, 0.29) is 17.3 Å². The van der Waals surface area contributed by atoms with Crippen LogP contribution in [0.1, 0.15) is 18.4 Å². The number of hydrogen-bond acceptors (Lipinski definition) is 3. The number of nitrogens with one attached hydrogen (secondary N) is 1. The molecule has 0 saturated carbocycles. The molecular formula is C19H20Cl2N2O3S. The van der Waals surface area contributed by atoms with Crippen LogP contribution in [0.4, 0.5) is 5.69 Å². The van der Waals surface area contributed by atoms with Crippen molar-refractivity contribution in [1.29, 1.82) is 0 Å². The van der Waals surface area contributed by atoms with Gasteiger partial charge in [-0.2, -0.15) is 4.31 Å². The van der Waals surface area contributed by atoms with Crippen LogP contribution in [-0.4, -0.2) is 31.7 Å². The summed E-state index contributed by atoms with van der Waals surface area (Å²) in [5.74, 6) is -0.632. The highest BCUT2D eigenvalue weighted by molar-refractivity contribution is 7.89. The van der Waals surface area contributed by atoms with Crippen LogP contribution < -0.4 is 5.32 Å². The van der Waals surface area contributed by atoms with Gasteiger partial charge in [-0.3, -0.25) is 4.79 Å². The average molecular weight is 427 g/mol. The monoisotopic (exact) mass is 426 g/mol. The maximum Gasteiger partial charge on any atom is 0.243 e. The topological polar surface area (TPSA) is 66.5 Å². The first kappa shape index (κ1) is 20.1. The first-order chi connectivity index (χ1) is 12.8. The molecule has 3 rings (SSSR count). The summed E-state index contributed by atoms with van der Waals surface area (Å²) in [7, 11) is -3.70. The average Bonchev–Trinajstić information content (AvgIpc) is 2.64. The number of benzene rings is 2. The smallest absolute Gasteiger partial charge is 0.243 e. The van der Waals surface area contributed by atoms with E-state index >= 15 is 0 Å². The maximum absolute atomic E-state index is 12.9. The van der Waals surface area contributed by atoms with Crippen molar-refractivity contribution in [1.82, 2.24) is 4.31 Å². The fraction of sp³-hybridized carbons (Fsp3) is 0.316. The van der Waals surface area contributed by atoms with Crippen LogP contribution in [0.15, 0.2) is 47.4 Å². The first-order valence-corrected chi connectivity index (χ1v) is 10.8. The Bertz CT molecular complexity index is 963. The van der Waals surface area contributed by atoms with Gasteiger partial charge in [-0.15, -0.1) is 0 Å². The zero-order valence-corrected chi connectivity index (χ0v) is 17.1. The van der Waals surface area contributed by atoms with Crippen molar-refractivity contribution in [3.8, 4) is 0 Å². The van der Waals surface area contributed by atoms with E-state index in [2.05, 4.69) is 5.32 Å². The van der Waals surface area contributed by atoms with E-state index in [4.69, 9.17) is 23.2 Å². The van der Waals surface area contributed by atoms with Crippen LogP contribution >= 0.6 is 23.2 Å². The van der Waals surface area contributed by atoms with Gasteiger partial charge in [0.25, 0.3) is 0 Å². The first-order valence-electron chi connectivity index (χ1n) is 8.60. The normalized spacial score (nSPS) is 18.3. The number of halogens is 2. The molecule has 0 aliphatic carbocycles. The second-order valence-electron chi connectivity index (χ2n) is 6.61. The van der Waals surface area contributed by atoms with Crippen molar-refractivity contribution in [2.45, 2.75) is 24.7 Å². The molecule has 1 amide bonds. The fourth-order valence-electron chi connectivity index (χ4n) is 3.07. The Morgan fingerprint density at radius 2 is 1.96 bits per heavy atom. The number of carbonyl (C=O) groups excluding carboxylic acids is 1. The van der Waals surface area contributed by atoms with Crippen LogP contribution in [0, 0.1) is 12.8 Å². The molecule has 5 nitrogen and oxygen atoms in total. The zero-order chi connectivity index (χ0) is 19.6. The molecule has 0 aromatic heterocycles. The highest BCUT2D eigenvalue weighted by Crippen LogP contribution is 2.27. The van der Waals surface area contributed by atoms with Crippen molar-refractivity contribution in [2.75, 3.05) is 18.4 Å². The summed E-state index contributed by atoms with van der Waals surface area (Å²) in [6.45, 7) is 2.34. The molecule has 0 spiro atoms.